The Kier molecular flexibility index (Phi) is 9.80. The molecule has 0 bridgehead atoms. The number of carboxylic acids is 1. The van der Waals surface area contributed by atoms with E-state index in [1.165, 1.54) is 12.3 Å². The third-order valence-electron chi connectivity index (χ3n) is 8.95. The first-order chi connectivity index (χ1) is 20.8. The minimum atomic E-state index is -0.880. The van der Waals surface area contributed by atoms with Gasteiger partial charge in [-0.15, -0.1) is 0 Å². The first-order valence-electron chi connectivity index (χ1n) is 15.5. The third kappa shape index (κ3) is 6.77. The molecule has 1 aromatic heterocycles. The average Bonchev–Trinajstić information content (AvgIpc) is 3.74. The van der Waals surface area contributed by atoms with Gasteiger partial charge in [-0.1, -0.05) is 38.8 Å². The number of carboxylic acid groups (broad SMARTS) is 1. The SMILES string of the molecule is CCCC(CCC)N(C(=O)CN1CC(c2ccc3c(c2)CCO3)C(C(=O)O)C1CCc1ncco1)c1ccc(F)c(C)c1. The Morgan fingerprint density at radius 3 is 2.63 bits per heavy atom. The van der Waals surface area contributed by atoms with Crippen LogP contribution in [0.2, 0.25) is 0 Å². The summed E-state index contributed by atoms with van der Waals surface area (Å²) in [6.07, 6.45) is 8.29. The highest BCUT2D eigenvalue weighted by molar-refractivity contribution is 5.95. The van der Waals surface area contributed by atoms with Crippen LogP contribution in [0.25, 0.3) is 0 Å². The largest absolute Gasteiger partial charge is 0.493 e. The number of oxazole rings is 1. The maximum Gasteiger partial charge on any atom is 0.308 e. The third-order valence-corrected chi connectivity index (χ3v) is 8.95. The van der Waals surface area contributed by atoms with Crippen molar-refractivity contribution in [1.29, 1.82) is 0 Å². The summed E-state index contributed by atoms with van der Waals surface area (Å²) in [5, 5.41) is 10.6. The lowest BCUT2D eigenvalue weighted by atomic mass is 9.83. The topological polar surface area (TPSA) is 96.1 Å². The molecule has 3 heterocycles. The summed E-state index contributed by atoms with van der Waals surface area (Å²) in [6.45, 7) is 7.03. The predicted octanol–water partition coefficient (Wildman–Crippen LogP) is 6.16. The van der Waals surface area contributed by atoms with E-state index in [1.807, 2.05) is 21.9 Å². The summed E-state index contributed by atoms with van der Waals surface area (Å²) in [6, 6.07) is 10.4. The number of aryl methyl sites for hydroxylation is 2. The fourth-order valence-corrected chi connectivity index (χ4v) is 6.93. The number of hydrogen-bond donors (Lipinski definition) is 1. The smallest absolute Gasteiger partial charge is 0.308 e. The molecule has 0 radical (unpaired) electrons. The van der Waals surface area contributed by atoms with Crippen LogP contribution in [0.15, 0.2) is 53.3 Å². The number of likely N-dealkylation sites (tertiary alicyclic amines) is 1. The van der Waals surface area contributed by atoms with E-state index in [-0.39, 0.29) is 30.2 Å². The van der Waals surface area contributed by atoms with Crippen molar-refractivity contribution in [2.75, 3.05) is 24.6 Å². The molecule has 5 rings (SSSR count). The van der Waals surface area contributed by atoms with Crippen molar-refractivity contribution in [1.82, 2.24) is 9.88 Å². The van der Waals surface area contributed by atoms with E-state index < -0.39 is 17.9 Å². The lowest BCUT2D eigenvalue weighted by molar-refractivity contribution is -0.143. The van der Waals surface area contributed by atoms with Crippen LogP contribution in [0.4, 0.5) is 10.1 Å². The summed E-state index contributed by atoms with van der Waals surface area (Å²) in [5.74, 6) is -0.911. The van der Waals surface area contributed by atoms with Gasteiger partial charge in [0.2, 0.25) is 5.91 Å². The molecule has 2 aliphatic rings. The number of carbonyl (C=O) groups is 2. The Labute approximate surface area is 252 Å². The van der Waals surface area contributed by atoms with Gasteiger partial charge in [0.25, 0.3) is 0 Å². The Balaban J connectivity index is 1.48. The fraction of sp³-hybridized carbons (Fsp3) is 0.500. The van der Waals surface area contributed by atoms with Gasteiger partial charge in [0, 0.05) is 43.1 Å². The molecule has 0 spiro atoms. The number of aromatic nitrogens is 1. The van der Waals surface area contributed by atoms with Gasteiger partial charge in [-0.25, -0.2) is 9.37 Å². The molecule has 1 N–H and O–H groups in total. The molecule has 230 valence electrons. The van der Waals surface area contributed by atoms with Gasteiger partial charge in [-0.2, -0.15) is 0 Å². The highest BCUT2D eigenvalue weighted by Gasteiger charge is 2.47. The number of nitrogens with zero attached hydrogens (tertiary/aromatic N) is 3. The molecule has 2 aromatic carbocycles. The number of hydrogen-bond acceptors (Lipinski definition) is 6. The number of fused-ring (bicyclic) bond motifs is 1. The van der Waals surface area contributed by atoms with Crippen LogP contribution in [0.5, 0.6) is 5.75 Å². The number of halogens is 1. The van der Waals surface area contributed by atoms with Crippen LogP contribution < -0.4 is 9.64 Å². The van der Waals surface area contributed by atoms with Crippen LogP contribution in [0.1, 0.15) is 74.5 Å². The lowest BCUT2D eigenvalue weighted by Gasteiger charge is -2.35. The molecule has 3 atom stereocenters. The Morgan fingerprint density at radius 2 is 1.95 bits per heavy atom. The fourth-order valence-electron chi connectivity index (χ4n) is 6.93. The zero-order valence-electron chi connectivity index (χ0n) is 25.3. The van der Waals surface area contributed by atoms with E-state index in [1.54, 1.807) is 25.3 Å². The molecule has 0 aliphatic carbocycles. The van der Waals surface area contributed by atoms with Gasteiger partial charge < -0.3 is 19.2 Å². The number of amides is 1. The van der Waals surface area contributed by atoms with Crippen molar-refractivity contribution in [2.24, 2.45) is 5.92 Å². The average molecular weight is 592 g/mol. The van der Waals surface area contributed by atoms with Crippen LogP contribution in [0, 0.1) is 18.7 Å². The second-order valence-electron chi connectivity index (χ2n) is 11.8. The van der Waals surface area contributed by atoms with Crippen molar-refractivity contribution in [3.05, 3.63) is 77.3 Å². The summed E-state index contributed by atoms with van der Waals surface area (Å²) >= 11 is 0. The lowest BCUT2D eigenvalue weighted by Crippen LogP contribution is -2.48. The maximum atomic E-state index is 14.3. The second kappa shape index (κ2) is 13.7. The molecular weight excluding hydrogens is 549 g/mol. The molecule has 9 heteroatoms. The standard InChI is InChI=1S/C34H42FN3O5/c1-4-6-25(7-5-2)38(26-9-10-28(35)22(3)18-26)32(39)21-37-20-27(23-8-12-30-24(19-23)14-16-42-30)33(34(40)41)29(37)11-13-31-36-15-17-43-31/h8-10,12,15,17-19,25,27,29,33H,4-7,11,13-14,16,20-21H2,1-3H3,(H,40,41). The van der Waals surface area contributed by atoms with Crippen molar-refractivity contribution in [2.45, 2.75) is 83.7 Å². The number of aliphatic carboxylic acids is 1. The summed E-state index contributed by atoms with van der Waals surface area (Å²) in [5.41, 5.74) is 3.20. The van der Waals surface area contributed by atoms with E-state index in [4.69, 9.17) is 9.15 Å². The van der Waals surface area contributed by atoms with E-state index in [0.29, 0.717) is 43.1 Å². The van der Waals surface area contributed by atoms with E-state index in [2.05, 4.69) is 24.9 Å². The van der Waals surface area contributed by atoms with Crippen molar-refractivity contribution in [3.63, 3.8) is 0 Å². The number of rotatable bonds is 13. The summed E-state index contributed by atoms with van der Waals surface area (Å²) in [4.78, 5) is 35.4. The molecular formula is C34H42FN3O5. The van der Waals surface area contributed by atoms with Gasteiger partial charge >= 0.3 is 5.97 Å². The monoisotopic (exact) mass is 591 g/mol. The number of anilines is 1. The quantitative estimate of drug-likeness (QED) is 0.254. The summed E-state index contributed by atoms with van der Waals surface area (Å²) < 4.78 is 25.4. The highest BCUT2D eigenvalue weighted by Crippen LogP contribution is 2.41. The minimum Gasteiger partial charge on any atom is -0.493 e. The molecule has 0 saturated carbocycles. The van der Waals surface area contributed by atoms with E-state index in [9.17, 15) is 19.1 Å². The second-order valence-corrected chi connectivity index (χ2v) is 11.8. The molecule has 3 aromatic rings. The summed E-state index contributed by atoms with van der Waals surface area (Å²) in [7, 11) is 0. The Morgan fingerprint density at radius 1 is 1.16 bits per heavy atom. The Bertz CT molecular complexity index is 1410. The van der Waals surface area contributed by atoms with E-state index in [0.717, 1.165) is 49.0 Å². The van der Waals surface area contributed by atoms with Crippen LogP contribution in [-0.4, -0.2) is 58.6 Å². The minimum absolute atomic E-state index is 0.0384. The van der Waals surface area contributed by atoms with Gasteiger partial charge in [0.15, 0.2) is 5.89 Å². The highest BCUT2D eigenvalue weighted by atomic mass is 19.1. The van der Waals surface area contributed by atoms with Crippen molar-refractivity contribution in [3.8, 4) is 5.75 Å². The zero-order chi connectivity index (χ0) is 30.5. The van der Waals surface area contributed by atoms with Crippen molar-refractivity contribution < 1.29 is 28.2 Å². The maximum absolute atomic E-state index is 14.3. The van der Waals surface area contributed by atoms with Crippen LogP contribution >= 0.6 is 0 Å². The van der Waals surface area contributed by atoms with Gasteiger partial charge in [-0.3, -0.25) is 14.5 Å². The number of benzene rings is 2. The zero-order valence-corrected chi connectivity index (χ0v) is 25.3. The van der Waals surface area contributed by atoms with Gasteiger partial charge in [0.05, 0.1) is 25.3 Å². The molecule has 1 saturated heterocycles. The normalized spacial score (nSPS) is 19.9. The molecule has 1 amide bonds. The molecule has 3 unspecified atom stereocenters. The first-order valence-corrected chi connectivity index (χ1v) is 15.5. The van der Waals surface area contributed by atoms with Gasteiger partial charge in [-0.05, 0) is 67.1 Å². The van der Waals surface area contributed by atoms with Crippen LogP contribution in [-0.2, 0) is 22.4 Å². The Hall–Kier alpha value is -3.72. The van der Waals surface area contributed by atoms with E-state index >= 15 is 0 Å². The molecule has 8 nitrogen and oxygen atoms in total. The molecule has 43 heavy (non-hydrogen) atoms. The van der Waals surface area contributed by atoms with Crippen LogP contribution in [0.3, 0.4) is 0 Å². The predicted molar refractivity (Wildman–Crippen MR) is 162 cm³/mol. The van der Waals surface area contributed by atoms with Gasteiger partial charge in [0.1, 0.15) is 17.8 Å². The first kappa shape index (κ1) is 30.7. The number of carbonyl (C=O) groups excluding carboxylic acids is 1. The number of ether oxygens (including phenoxy) is 1. The molecule has 1 fully saturated rings. The molecule has 2 aliphatic heterocycles. The van der Waals surface area contributed by atoms with Crippen molar-refractivity contribution >= 4 is 17.6 Å².